The molecule has 27 heavy (non-hydrogen) atoms. The van der Waals surface area contributed by atoms with Gasteiger partial charge in [-0.3, -0.25) is 9.78 Å². The molecular weight excluding hydrogens is 344 g/mol. The molecule has 1 amide bonds. The molecule has 0 spiro atoms. The number of aromatic nitrogens is 1. The maximum atomic E-state index is 12.4. The van der Waals surface area contributed by atoms with Crippen molar-refractivity contribution in [1.29, 1.82) is 0 Å². The summed E-state index contributed by atoms with van der Waals surface area (Å²) >= 11 is 0. The zero-order valence-electron chi connectivity index (χ0n) is 14.3. The van der Waals surface area contributed by atoms with Crippen molar-refractivity contribution in [2.45, 2.75) is 6.61 Å². The molecule has 3 aromatic carbocycles. The minimum Gasteiger partial charge on any atom is -0.489 e. The lowest BCUT2D eigenvalue weighted by Gasteiger charge is -2.08. The molecule has 0 bridgehead atoms. The van der Waals surface area contributed by atoms with Crippen LogP contribution >= 0.6 is 0 Å². The van der Waals surface area contributed by atoms with Crippen LogP contribution in [0.25, 0.3) is 11.1 Å². The van der Waals surface area contributed by atoms with E-state index in [1.54, 1.807) is 42.5 Å². The van der Waals surface area contributed by atoms with Crippen molar-refractivity contribution >= 4 is 22.7 Å². The summed E-state index contributed by atoms with van der Waals surface area (Å²) in [4.78, 5) is 26.1. The van der Waals surface area contributed by atoms with Gasteiger partial charge in [0.1, 0.15) is 12.4 Å². The van der Waals surface area contributed by atoms with E-state index in [9.17, 15) is 9.59 Å². The largest absolute Gasteiger partial charge is 0.489 e. The Kier molecular flexibility index (Phi) is 4.45. The normalized spacial score (nSPS) is 10.7. The maximum Gasteiger partial charge on any atom is 0.417 e. The van der Waals surface area contributed by atoms with Crippen LogP contribution in [0.3, 0.4) is 0 Å². The second kappa shape index (κ2) is 7.21. The number of amides is 1. The van der Waals surface area contributed by atoms with E-state index in [4.69, 9.17) is 9.15 Å². The van der Waals surface area contributed by atoms with E-state index in [1.165, 1.54) is 0 Å². The molecule has 6 nitrogen and oxygen atoms in total. The molecule has 4 aromatic rings. The van der Waals surface area contributed by atoms with Crippen LogP contribution in [-0.2, 0) is 6.61 Å². The Balaban J connectivity index is 1.41. The average Bonchev–Trinajstić information content (AvgIpc) is 3.07. The van der Waals surface area contributed by atoms with E-state index >= 15 is 0 Å². The van der Waals surface area contributed by atoms with Gasteiger partial charge < -0.3 is 14.5 Å². The summed E-state index contributed by atoms with van der Waals surface area (Å²) in [5.41, 5.74) is 3.05. The number of ether oxygens (including phenoxy) is 1. The number of benzene rings is 3. The number of aromatic amines is 1. The maximum absolute atomic E-state index is 12.4. The van der Waals surface area contributed by atoms with Crippen molar-refractivity contribution in [3.63, 3.8) is 0 Å². The Hall–Kier alpha value is -3.80. The Bertz CT molecular complexity index is 1130. The monoisotopic (exact) mass is 360 g/mol. The van der Waals surface area contributed by atoms with Crippen LogP contribution in [0, 0.1) is 0 Å². The highest BCUT2D eigenvalue weighted by atomic mass is 16.5. The topological polar surface area (TPSA) is 84.3 Å². The quantitative estimate of drug-likeness (QED) is 0.564. The van der Waals surface area contributed by atoms with Gasteiger partial charge >= 0.3 is 5.76 Å². The van der Waals surface area contributed by atoms with Gasteiger partial charge in [-0.25, -0.2) is 4.79 Å². The van der Waals surface area contributed by atoms with Crippen molar-refractivity contribution in [2.75, 3.05) is 5.32 Å². The third-order valence-electron chi connectivity index (χ3n) is 4.04. The molecule has 0 fully saturated rings. The van der Waals surface area contributed by atoms with Crippen LogP contribution in [0.15, 0.2) is 82.0 Å². The highest BCUT2D eigenvalue weighted by Crippen LogP contribution is 2.19. The summed E-state index contributed by atoms with van der Waals surface area (Å²) in [6.45, 7) is 0.482. The van der Waals surface area contributed by atoms with Gasteiger partial charge in [-0.2, -0.15) is 0 Å². The predicted molar refractivity (Wildman–Crippen MR) is 102 cm³/mol. The van der Waals surface area contributed by atoms with Crippen molar-refractivity contribution in [1.82, 2.24) is 4.98 Å². The molecule has 1 heterocycles. The van der Waals surface area contributed by atoms with Gasteiger partial charge in [0.2, 0.25) is 0 Å². The minimum atomic E-state index is -0.548. The van der Waals surface area contributed by atoms with Crippen molar-refractivity contribution in [3.05, 3.63) is 94.5 Å². The van der Waals surface area contributed by atoms with E-state index in [-0.39, 0.29) is 5.91 Å². The minimum absolute atomic E-state index is 0.281. The van der Waals surface area contributed by atoms with E-state index in [1.807, 2.05) is 30.3 Å². The van der Waals surface area contributed by atoms with E-state index in [0.717, 1.165) is 5.56 Å². The Morgan fingerprint density at radius 2 is 1.78 bits per heavy atom. The molecule has 0 saturated heterocycles. The van der Waals surface area contributed by atoms with Crippen LogP contribution < -0.4 is 15.8 Å². The molecule has 4 rings (SSSR count). The molecule has 6 heteroatoms. The van der Waals surface area contributed by atoms with Crippen molar-refractivity contribution in [3.8, 4) is 5.75 Å². The summed E-state index contributed by atoms with van der Waals surface area (Å²) in [5.74, 6) is -0.111. The number of hydrogen-bond donors (Lipinski definition) is 2. The van der Waals surface area contributed by atoms with Crippen LogP contribution in [0.5, 0.6) is 5.75 Å². The number of nitrogens with one attached hydrogen (secondary N) is 2. The third kappa shape index (κ3) is 3.90. The van der Waals surface area contributed by atoms with Gasteiger partial charge in [0.15, 0.2) is 5.58 Å². The first-order chi connectivity index (χ1) is 13.2. The van der Waals surface area contributed by atoms with Crippen molar-refractivity contribution < 1.29 is 13.9 Å². The summed E-state index contributed by atoms with van der Waals surface area (Å²) in [5, 5.41) is 2.81. The first kappa shape index (κ1) is 16.7. The van der Waals surface area contributed by atoms with Gasteiger partial charge in [0, 0.05) is 11.3 Å². The molecule has 134 valence electrons. The Morgan fingerprint density at radius 1 is 1.00 bits per heavy atom. The van der Waals surface area contributed by atoms with Gasteiger partial charge in [-0.1, -0.05) is 30.3 Å². The lowest BCUT2D eigenvalue weighted by atomic mass is 10.2. The highest BCUT2D eigenvalue weighted by molar-refractivity contribution is 6.05. The fourth-order valence-corrected chi connectivity index (χ4v) is 2.67. The molecule has 0 radical (unpaired) electrons. The van der Waals surface area contributed by atoms with E-state index in [0.29, 0.717) is 34.7 Å². The van der Waals surface area contributed by atoms with Gasteiger partial charge in [0.05, 0.1) is 5.52 Å². The van der Waals surface area contributed by atoms with Gasteiger partial charge in [0.25, 0.3) is 5.91 Å². The average molecular weight is 360 g/mol. The number of anilines is 1. The summed E-state index contributed by atoms with van der Waals surface area (Å²) in [6.07, 6.45) is 0. The second-order valence-electron chi connectivity index (χ2n) is 5.98. The highest BCUT2D eigenvalue weighted by Gasteiger charge is 2.09. The summed E-state index contributed by atoms with van der Waals surface area (Å²) in [7, 11) is 0. The molecule has 1 aromatic heterocycles. The Labute approximate surface area is 154 Å². The first-order valence-electron chi connectivity index (χ1n) is 8.38. The number of carbonyl (C=O) groups excluding carboxylic acids is 1. The lowest BCUT2D eigenvalue weighted by molar-refractivity contribution is 0.102. The van der Waals surface area contributed by atoms with Crippen LogP contribution in [-0.4, -0.2) is 10.9 Å². The molecular formula is C21H16N2O4. The smallest absolute Gasteiger partial charge is 0.417 e. The van der Waals surface area contributed by atoms with Crippen LogP contribution in [0.4, 0.5) is 5.69 Å². The molecule has 2 N–H and O–H groups in total. The number of hydrogen-bond acceptors (Lipinski definition) is 4. The number of oxazole rings is 1. The fraction of sp³-hybridized carbons (Fsp3) is 0.0476. The lowest BCUT2D eigenvalue weighted by Crippen LogP contribution is -2.11. The SMILES string of the molecule is O=C(Nc1ccc(OCc2ccccc2)cc1)c1ccc2oc(=O)[nH]c2c1. The molecule has 0 unspecified atom stereocenters. The van der Waals surface area contributed by atoms with Crippen molar-refractivity contribution in [2.24, 2.45) is 0 Å². The van der Waals surface area contributed by atoms with E-state index in [2.05, 4.69) is 10.3 Å². The predicted octanol–water partition coefficient (Wildman–Crippen LogP) is 3.95. The molecule has 0 aliphatic carbocycles. The molecule has 0 saturated carbocycles. The van der Waals surface area contributed by atoms with Crippen LogP contribution in [0.1, 0.15) is 15.9 Å². The molecule has 0 atom stereocenters. The van der Waals surface area contributed by atoms with Crippen LogP contribution in [0.2, 0.25) is 0 Å². The Morgan fingerprint density at radius 3 is 2.56 bits per heavy atom. The zero-order valence-corrected chi connectivity index (χ0v) is 14.3. The third-order valence-corrected chi connectivity index (χ3v) is 4.04. The number of H-pyrrole nitrogens is 1. The van der Waals surface area contributed by atoms with Gasteiger partial charge in [-0.05, 0) is 48.0 Å². The fourth-order valence-electron chi connectivity index (χ4n) is 2.67. The van der Waals surface area contributed by atoms with E-state index < -0.39 is 5.76 Å². The first-order valence-corrected chi connectivity index (χ1v) is 8.38. The number of fused-ring (bicyclic) bond motifs is 1. The number of rotatable bonds is 5. The zero-order chi connectivity index (χ0) is 18.6. The summed E-state index contributed by atoms with van der Waals surface area (Å²) < 4.78 is 10.7. The number of carbonyl (C=O) groups is 1. The van der Waals surface area contributed by atoms with Gasteiger partial charge in [-0.15, -0.1) is 0 Å². The second-order valence-corrected chi connectivity index (χ2v) is 5.98. The standard InChI is InChI=1S/C21H16N2O4/c24-20(15-6-11-19-18(12-15)23-21(25)27-19)22-16-7-9-17(10-8-16)26-13-14-4-2-1-3-5-14/h1-12H,13H2,(H,22,24)(H,23,25). The molecule has 0 aliphatic rings. The summed E-state index contributed by atoms with van der Waals surface area (Å²) in [6, 6.07) is 21.8. The molecule has 0 aliphatic heterocycles.